The number of nitrogens with one attached hydrogen (secondary N) is 1. The topological polar surface area (TPSA) is 66.4 Å². The smallest absolute Gasteiger partial charge is 0.335 e. The van der Waals surface area contributed by atoms with Crippen molar-refractivity contribution in [2.45, 2.75) is 44.6 Å². The van der Waals surface area contributed by atoms with Crippen molar-refractivity contribution in [2.24, 2.45) is 5.92 Å². The van der Waals surface area contributed by atoms with Crippen molar-refractivity contribution >= 4 is 11.9 Å². The van der Waals surface area contributed by atoms with Crippen molar-refractivity contribution in [3.8, 4) is 0 Å². The number of amides is 1. The summed E-state index contributed by atoms with van der Waals surface area (Å²) in [6.45, 7) is 0. The van der Waals surface area contributed by atoms with Crippen LogP contribution in [-0.2, 0) is 11.2 Å². The maximum absolute atomic E-state index is 13.7. The molecule has 1 unspecified atom stereocenters. The van der Waals surface area contributed by atoms with Gasteiger partial charge in [-0.05, 0) is 54.5 Å². The van der Waals surface area contributed by atoms with E-state index in [4.69, 9.17) is 0 Å². The highest BCUT2D eigenvalue weighted by atomic mass is 19.1. The molecule has 0 spiro atoms. The Morgan fingerprint density at radius 2 is 1.85 bits per heavy atom. The molecule has 0 aliphatic heterocycles. The molecule has 1 amide bonds. The zero-order chi connectivity index (χ0) is 19.2. The van der Waals surface area contributed by atoms with Gasteiger partial charge >= 0.3 is 5.97 Å². The summed E-state index contributed by atoms with van der Waals surface area (Å²) in [5.74, 6) is -1.13. The number of hydrogen-bond acceptors (Lipinski definition) is 2. The third-order valence-corrected chi connectivity index (χ3v) is 5.26. The second-order valence-electron chi connectivity index (χ2n) is 7.11. The molecule has 0 aromatic heterocycles. The van der Waals surface area contributed by atoms with Crippen LogP contribution in [0.2, 0.25) is 0 Å². The molecular formula is C22H24FNO3. The fraction of sp³-hybridized carbons (Fsp3) is 0.364. The minimum absolute atomic E-state index is 0.142. The lowest BCUT2D eigenvalue weighted by Gasteiger charge is -2.25. The van der Waals surface area contributed by atoms with Crippen molar-refractivity contribution in [1.82, 2.24) is 5.32 Å². The monoisotopic (exact) mass is 369 g/mol. The highest BCUT2D eigenvalue weighted by Crippen LogP contribution is 2.36. The predicted octanol–water partition coefficient (Wildman–Crippen LogP) is 4.50. The number of benzene rings is 2. The first kappa shape index (κ1) is 19.1. The lowest BCUT2D eigenvalue weighted by Crippen LogP contribution is -2.33. The molecule has 1 aliphatic rings. The fourth-order valence-corrected chi connectivity index (χ4v) is 3.90. The zero-order valence-electron chi connectivity index (χ0n) is 15.2. The molecule has 1 aliphatic carbocycles. The minimum atomic E-state index is -0.991. The molecule has 1 atom stereocenters. The summed E-state index contributed by atoms with van der Waals surface area (Å²) in [5, 5.41) is 12.3. The molecule has 0 bridgehead atoms. The fourth-order valence-electron chi connectivity index (χ4n) is 3.90. The van der Waals surface area contributed by atoms with Crippen LogP contribution in [0.25, 0.3) is 0 Å². The van der Waals surface area contributed by atoms with Gasteiger partial charge in [-0.2, -0.15) is 0 Å². The second-order valence-corrected chi connectivity index (χ2v) is 7.11. The number of hydrogen-bond donors (Lipinski definition) is 2. The van der Waals surface area contributed by atoms with Gasteiger partial charge in [-0.15, -0.1) is 0 Å². The molecular weight excluding hydrogens is 345 g/mol. The zero-order valence-corrected chi connectivity index (χ0v) is 15.2. The van der Waals surface area contributed by atoms with Gasteiger partial charge in [-0.3, -0.25) is 4.79 Å². The minimum Gasteiger partial charge on any atom is -0.478 e. The second kappa shape index (κ2) is 8.80. The quantitative estimate of drug-likeness (QED) is 0.755. The Morgan fingerprint density at radius 3 is 2.56 bits per heavy atom. The summed E-state index contributed by atoms with van der Waals surface area (Å²) in [6.07, 6.45) is 4.83. The van der Waals surface area contributed by atoms with E-state index in [1.165, 1.54) is 12.1 Å². The van der Waals surface area contributed by atoms with E-state index in [0.29, 0.717) is 17.9 Å². The first-order valence-corrected chi connectivity index (χ1v) is 9.40. The summed E-state index contributed by atoms with van der Waals surface area (Å²) >= 11 is 0. The number of aryl methyl sites for hydroxylation is 1. The number of carboxylic acid groups (broad SMARTS) is 1. The Labute approximate surface area is 158 Å². The average molecular weight is 369 g/mol. The van der Waals surface area contributed by atoms with Crippen LogP contribution < -0.4 is 5.32 Å². The van der Waals surface area contributed by atoms with Crippen LogP contribution in [0.1, 0.15) is 59.6 Å². The van der Waals surface area contributed by atoms with Crippen LogP contribution in [0.3, 0.4) is 0 Å². The van der Waals surface area contributed by atoms with E-state index in [2.05, 4.69) is 5.32 Å². The van der Waals surface area contributed by atoms with Crippen LogP contribution in [-0.4, -0.2) is 17.0 Å². The van der Waals surface area contributed by atoms with Gasteiger partial charge in [0.2, 0.25) is 5.91 Å². The molecule has 2 aromatic carbocycles. The van der Waals surface area contributed by atoms with Gasteiger partial charge in [-0.25, -0.2) is 9.18 Å². The van der Waals surface area contributed by atoms with Crippen molar-refractivity contribution in [2.75, 3.05) is 0 Å². The van der Waals surface area contributed by atoms with Crippen LogP contribution in [0.4, 0.5) is 4.39 Å². The van der Waals surface area contributed by atoms with Crippen LogP contribution in [0, 0.1) is 11.7 Å². The molecule has 2 N–H and O–H groups in total. The van der Waals surface area contributed by atoms with Gasteiger partial charge < -0.3 is 10.4 Å². The van der Waals surface area contributed by atoms with E-state index in [9.17, 15) is 19.1 Å². The third-order valence-electron chi connectivity index (χ3n) is 5.26. The number of carbonyl (C=O) groups is 2. The van der Waals surface area contributed by atoms with Gasteiger partial charge in [0.25, 0.3) is 0 Å². The largest absolute Gasteiger partial charge is 0.478 e. The SMILES string of the molecule is O=C(CCc1ccccc1C(=O)O)NC(c1cccc(F)c1)C1CCCC1. The summed E-state index contributed by atoms with van der Waals surface area (Å²) in [6, 6.07) is 12.9. The first-order chi connectivity index (χ1) is 13.0. The standard InChI is InChI=1S/C22H24FNO3/c23-18-10-5-9-17(14-18)21(16-7-1-2-8-16)24-20(25)13-12-15-6-3-4-11-19(15)22(26)27/h3-6,9-11,14,16,21H,1-2,7-8,12-13H2,(H,24,25)(H,26,27). The van der Waals surface area contributed by atoms with Crippen molar-refractivity contribution in [1.29, 1.82) is 0 Å². The summed E-state index contributed by atoms with van der Waals surface area (Å²) < 4.78 is 13.7. The van der Waals surface area contributed by atoms with Crippen LogP contribution in [0.5, 0.6) is 0 Å². The maximum Gasteiger partial charge on any atom is 0.335 e. The predicted molar refractivity (Wildman–Crippen MR) is 101 cm³/mol. The molecule has 1 fully saturated rings. The van der Waals surface area contributed by atoms with Crippen LogP contribution in [0.15, 0.2) is 48.5 Å². The average Bonchev–Trinajstić information content (AvgIpc) is 3.19. The number of rotatable bonds is 7. The Kier molecular flexibility index (Phi) is 6.22. The molecule has 3 rings (SSSR count). The van der Waals surface area contributed by atoms with Gasteiger partial charge in [0.15, 0.2) is 0 Å². The normalized spacial score (nSPS) is 15.4. The Hall–Kier alpha value is -2.69. The van der Waals surface area contributed by atoms with E-state index < -0.39 is 5.97 Å². The van der Waals surface area contributed by atoms with Crippen LogP contribution >= 0.6 is 0 Å². The molecule has 142 valence electrons. The van der Waals surface area contributed by atoms with Crippen molar-refractivity contribution in [3.63, 3.8) is 0 Å². The van der Waals surface area contributed by atoms with Crippen molar-refractivity contribution in [3.05, 3.63) is 71.0 Å². The number of aromatic carboxylic acids is 1. The Bertz CT molecular complexity index is 815. The van der Waals surface area contributed by atoms with Gasteiger partial charge in [0.05, 0.1) is 11.6 Å². The highest BCUT2D eigenvalue weighted by Gasteiger charge is 2.28. The van der Waals surface area contributed by atoms with E-state index in [1.807, 2.05) is 6.07 Å². The molecule has 27 heavy (non-hydrogen) atoms. The summed E-state index contributed by atoms with van der Waals surface area (Å²) in [7, 11) is 0. The number of carboxylic acids is 1. The molecule has 2 aromatic rings. The van der Waals surface area contributed by atoms with E-state index in [0.717, 1.165) is 31.2 Å². The molecule has 4 nitrogen and oxygen atoms in total. The van der Waals surface area contributed by atoms with Gasteiger partial charge in [-0.1, -0.05) is 43.2 Å². The molecule has 1 saturated carbocycles. The van der Waals surface area contributed by atoms with E-state index in [-0.39, 0.29) is 29.8 Å². The van der Waals surface area contributed by atoms with Gasteiger partial charge in [0.1, 0.15) is 5.82 Å². The third kappa shape index (κ3) is 4.94. The summed E-state index contributed by atoms with van der Waals surface area (Å²) in [4.78, 5) is 23.9. The maximum atomic E-state index is 13.7. The van der Waals surface area contributed by atoms with E-state index >= 15 is 0 Å². The lowest BCUT2D eigenvalue weighted by molar-refractivity contribution is -0.122. The van der Waals surface area contributed by atoms with E-state index in [1.54, 1.807) is 30.3 Å². The molecule has 0 radical (unpaired) electrons. The summed E-state index contributed by atoms with van der Waals surface area (Å²) in [5.41, 5.74) is 1.66. The van der Waals surface area contributed by atoms with Gasteiger partial charge in [0, 0.05) is 6.42 Å². The highest BCUT2D eigenvalue weighted by molar-refractivity contribution is 5.89. The molecule has 0 heterocycles. The lowest BCUT2D eigenvalue weighted by atomic mass is 9.91. The Balaban J connectivity index is 1.69. The molecule has 0 saturated heterocycles. The Morgan fingerprint density at radius 1 is 1.11 bits per heavy atom. The first-order valence-electron chi connectivity index (χ1n) is 9.40. The molecule has 5 heteroatoms. The van der Waals surface area contributed by atoms with Crippen molar-refractivity contribution < 1.29 is 19.1 Å². The number of halogens is 1. The number of carbonyl (C=O) groups excluding carboxylic acids is 1.